The van der Waals surface area contributed by atoms with E-state index in [9.17, 15) is 9.18 Å². The third kappa shape index (κ3) is 4.61. The highest BCUT2D eigenvalue weighted by Crippen LogP contribution is 2.14. The molecule has 0 spiro atoms. The predicted octanol–water partition coefficient (Wildman–Crippen LogP) is 1.72. The number of ether oxygens (including phenoxy) is 1. The van der Waals surface area contributed by atoms with E-state index in [4.69, 9.17) is 5.11 Å². The van der Waals surface area contributed by atoms with Crippen LogP contribution in [0.15, 0.2) is 18.2 Å². The Hall–Kier alpha value is -1.46. The predicted molar refractivity (Wildman–Crippen MR) is 70.3 cm³/mol. The number of rotatable bonds is 6. The van der Waals surface area contributed by atoms with Gasteiger partial charge in [-0.3, -0.25) is 0 Å². The normalized spacial score (nSPS) is 11.4. The molecule has 19 heavy (non-hydrogen) atoms. The summed E-state index contributed by atoms with van der Waals surface area (Å²) in [5.41, 5.74) is 0.450. The molecule has 0 saturated heterocycles. The minimum absolute atomic E-state index is 0.0676. The molecule has 0 aromatic heterocycles. The maximum atomic E-state index is 13.6. The molecule has 5 heteroatoms. The average molecular weight is 269 g/mol. The topological polar surface area (TPSA) is 58.6 Å². The third-order valence-corrected chi connectivity index (χ3v) is 2.80. The molecule has 0 saturated carbocycles. The number of aliphatic hydroxyl groups is 1. The van der Waals surface area contributed by atoms with Gasteiger partial charge < -0.3 is 15.2 Å². The molecule has 1 aromatic rings. The van der Waals surface area contributed by atoms with E-state index < -0.39 is 11.8 Å². The van der Waals surface area contributed by atoms with Gasteiger partial charge in [0.1, 0.15) is 5.82 Å². The molecule has 0 aliphatic rings. The first-order valence-corrected chi connectivity index (χ1v) is 6.08. The second-order valence-electron chi connectivity index (χ2n) is 5.23. The van der Waals surface area contributed by atoms with Crippen molar-refractivity contribution in [2.75, 3.05) is 20.3 Å². The van der Waals surface area contributed by atoms with Crippen LogP contribution in [0.3, 0.4) is 0 Å². The number of esters is 1. The number of carbonyl (C=O) groups excluding carboxylic acids is 1. The zero-order valence-corrected chi connectivity index (χ0v) is 11.5. The van der Waals surface area contributed by atoms with Crippen LogP contribution in [-0.4, -0.2) is 31.3 Å². The molecule has 0 radical (unpaired) electrons. The van der Waals surface area contributed by atoms with Crippen LogP contribution in [-0.2, 0) is 11.3 Å². The molecule has 0 aliphatic carbocycles. The minimum Gasteiger partial charge on any atom is -0.465 e. The van der Waals surface area contributed by atoms with Crippen molar-refractivity contribution in [3.05, 3.63) is 35.1 Å². The van der Waals surface area contributed by atoms with E-state index in [2.05, 4.69) is 10.1 Å². The number of benzene rings is 1. The Morgan fingerprint density at radius 2 is 2.16 bits per heavy atom. The summed E-state index contributed by atoms with van der Waals surface area (Å²) >= 11 is 0. The van der Waals surface area contributed by atoms with E-state index >= 15 is 0 Å². The first-order chi connectivity index (χ1) is 8.89. The van der Waals surface area contributed by atoms with Gasteiger partial charge >= 0.3 is 5.97 Å². The van der Waals surface area contributed by atoms with Crippen molar-refractivity contribution in [3.8, 4) is 0 Å². The van der Waals surface area contributed by atoms with Crippen LogP contribution in [0.4, 0.5) is 4.39 Å². The summed E-state index contributed by atoms with van der Waals surface area (Å²) in [7, 11) is 1.22. The summed E-state index contributed by atoms with van der Waals surface area (Å²) < 4.78 is 18.1. The van der Waals surface area contributed by atoms with Crippen molar-refractivity contribution in [1.82, 2.24) is 5.32 Å². The van der Waals surface area contributed by atoms with Crippen molar-refractivity contribution in [1.29, 1.82) is 0 Å². The van der Waals surface area contributed by atoms with Crippen LogP contribution < -0.4 is 5.32 Å². The van der Waals surface area contributed by atoms with Gasteiger partial charge in [0.25, 0.3) is 0 Å². The second-order valence-corrected chi connectivity index (χ2v) is 5.23. The van der Waals surface area contributed by atoms with Crippen molar-refractivity contribution in [2.45, 2.75) is 20.4 Å². The molecule has 0 fully saturated rings. The monoisotopic (exact) mass is 269 g/mol. The number of methoxy groups -OCH3 is 1. The van der Waals surface area contributed by atoms with Crippen LogP contribution in [0.25, 0.3) is 0 Å². The zero-order chi connectivity index (χ0) is 14.5. The zero-order valence-electron chi connectivity index (χ0n) is 11.5. The smallest absolute Gasteiger partial charge is 0.340 e. The van der Waals surface area contributed by atoms with E-state index in [1.165, 1.54) is 19.2 Å². The quantitative estimate of drug-likeness (QED) is 0.772. The summed E-state index contributed by atoms with van der Waals surface area (Å²) in [6, 6.07) is 4.40. The van der Waals surface area contributed by atoms with E-state index in [-0.39, 0.29) is 17.6 Å². The maximum absolute atomic E-state index is 13.6. The lowest BCUT2D eigenvalue weighted by Gasteiger charge is -2.22. The molecule has 106 valence electrons. The lowest BCUT2D eigenvalue weighted by molar-refractivity contribution is 0.0595. The highest BCUT2D eigenvalue weighted by Gasteiger charge is 2.16. The first-order valence-electron chi connectivity index (χ1n) is 6.08. The summed E-state index contributed by atoms with van der Waals surface area (Å²) in [5.74, 6) is -1.27. The molecular formula is C14H20FNO3. The molecule has 0 unspecified atom stereocenters. The number of nitrogens with one attached hydrogen (secondary N) is 1. The SMILES string of the molecule is COC(=O)c1ccc(CNCC(C)(C)CO)cc1F. The van der Waals surface area contributed by atoms with Gasteiger partial charge in [0.2, 0.25) is 0 Å². The van der Waals surface area contributed by atoms with E-state index in [1.54, 1.807) is 6.07 Å². The number of hydrogen-bond acceptors (Lipinski definition) is 4. The minimum atomic E-state index is -0.682. The molecule has 0 atom stereocenters. The van der Waals surface area contributed by atoms with E-state index in [1.807, 2.05) is 13.8 Å². The number of halogens is 1. The fraction of sp³-hybridized carbons (Fsp3) is 0.500. The average Bonchev–Trinajstić information content (AvgIpc) is 2.38. The Morgan fingerprint density at radius 1 is 1.47 bits per heavy atom. The van der Waals surface area contributed by atoms with Gasteiger partial charge in [0.05, 0.1) is 12.7 Å². The highest BCUT2D eigenvalue weighted by molar-refractivity contribution is 5.89. The number of hydrogen-bond donors (Lipinski definition) is 2. The molecule has 0 aliphatic heterocycles. The molecule has 0 heterocycles. The van der Waals surface area contributed by atoms with Crippen LogP contribution in [0.5, 0.6) is 0 Å². The van der Waals surface area contributed by atoms with Crippen molar-refractivity contribution in [2.24, 2.45) is 5.41 Å². The number of carbonyl (C=O) groups is 1. The summed E-state index contributed by atoms with van der Waals surface area (Å²) in [6.45, 7) is 5.03. The Labute approximate surface area is 112 Å². The second kappa shape index (κ2) is 6.63. The van der Waals surface area contributed by atoms with E-state index in [0.29, 0.717) is 13.1 Å². The Balaban J connectivity index is 2.62. The van der Waals surface area contributed by atoms with Crippen LogP contribution >= 0.6 is 0 Å². The maximum Gasteiger partial charge on any atom is 0.340 e. The van der Waals surface area contributed by atoms with E-state index in [0.717, 1.165) is 5.56 Å². The molecule has 1 rings (SSSR count). The van der Waals surface area contributed by atoms with Crippen molar-refractivity contribution >= 4 is 5.97 Å². The van der Waals surface area contributed by atoms with Gasteiger partial charge in [-0.15, -0.1) is 0 Å². The molecule has 4 nitrogen and oxygen atoms in total. The van der Waals surface area contributed by atoms with Gasteiger partial charge in [0, 0.05) is 25.1 Å². The fourth-order valence-electron chi connectivity index (χ4n) is 1.55. The molecule has 0 bridgehead atoms. The fourth-order valence-corrected chi connectivity index (χ4v) is 1.55. The summed E-state index contributed by atoms with van der Waals surface area (Å²) in [4.78, 5) is 11.2. The summed E-state index contributed by atoms with van der Waals surface area (Å²) in [5, 5.41) is 12.2. The lowest BCUT2D eigenvalue weighted by atomic mass is 9.95. The first kappa shape index (κ1) is 15.6. The molecule has 2 N–H and O–H groups in total. The largest absolute Gasteiger partial charge is 0.465 e. The highest BCUT2D eigenvalue weighted by atomic mass is 19.1. The Kier molecular flexibility index (Phi) is 5.44. The standard InChI is InChI=1S/C14H20FNO3/c1-14(2,9-17)8-16-7-10-4-5-11(12(15)6-10)13(18)19-3/h4-6,16-17H,7-9H2,1-3H3. The Morgan fingerprint density at radius 3 is 2.68 bits per heavy atom. The molecule has 1 aromatic carbocycles. The van der Waals surface area contributed by atoms with Crippen LogP contribution in [0.2, 0.25) is 0 Å². The van der Waals surface area contributed by atoms with Crippen LogP contribution in [0.1, 0.15) is 29.8 Å². The third-order valence-electron chi connectivity index (χ3n) is 2.80. The van der Waals surface area contributed by atoms with Gasteiger partial charge in [0.15, 0.2) is 0 Å². The van der Waals surface area contributed by atoms with Crippen molar-refractivity contribution in [3.63, 3.8) is 0 Å². The molecular weight excluding hydrogens is 249 g/mol. The van der Waals surface area contributed by atoms with Gasteiger partial charge in [-0.05, 0) is 17.7 Å². The van der Waals surface area contributed by atoms with Crippen LogP contribution in [0, 0.1) is 11.2 Å². The number of aliphatic hydroxyl groups excluding tert-OH is 1. The van der Waals surface area contributed by atoms with Crippen molar-refractivity contribution < 1.29 is 19.0 Å². The van der Waals surface area contributed by atoms with Gasteiger partial charge in [-0.2, -0.15) is 0 Å². The lowest BCUT2D eigenvalue weighted by Crippen LogP contribution is -2.31. The molecule has 0 amide bonds. The summed E-state index contributed by atoms with van der Waals surface area (Å²) in [6.07, 6.45) is 0. The Bertz CT molecular complexity index is 446. The van der Waals surface area contributed by atoms with Gasteiger partial charge in [-0.1, -0.05) is 19.9 Å². The van der Waals surface area contributed by atoms with Gasteiger partial charge in [-0.25, -0.2) is 9.18 Å².